The zero-order chi connectivity index (χ0) is 0. The molecule has 0 fully saturated rings. The molecule has 0 unspecified atom stereocenters. The van der Waals surface area contributed by atoms with Crippen molar-refractivity contribution < 1.29 is 92.9 Å². The van der Waals surface area contributed by atoms with Crippen LogP contribution in [0.4, 0.5) is 0 Å². The third kappa shape index (κ3) is 21.4. The van der Waals surface area contributed by atoms with Crippen LogP contribution in [-0.4, -0.2) is 0 Å². The van der Waals surface area contributed by atoms with Gasteiger partial charge in [-0.1, -0.05) is 0 Å². The van der Waals surface area contributed by atoms with E-state index in [2.05, 4.69) is 0 Å². The zero-order valence-corrected chi connectivity index (χ0v) is 9.14. The fraction of sp³-hybridized carbons (Fsp3) is 0. The first-order chi connectivity index (χ1) is 0. The van der Waals surface area contributed by atoms with Crippen LogP contribution in [0, 0.1) is 76.4 Å². The normalized spacial score (nSPS) is 0. The van der Waals surface area contributed by atoms with E-state index < -0.39 is 0 Å². The van der Waals surface area contributed by atoms with Gasteiger partial charge < -0.3 is 16.4 Å². The van der Waals surface area contributed by atoms with Crippen molar-refractivity contribution in [2.45, 2.75) is 0 Å². The second kappa shape index (κ2) is 32.2. The van der Waals surface area contributed by atoms with Gasteiger partial charge in [-0.05, 0) is 0 Å². The molecule has 0 rings (SSSR count). The van der Waals surface area contributed by atoms with Crippen molar-refractivity contribution in [3.8, 4) is 0 Å². The first-order valence-corrected chi connectivity index (χ1v) is 0. The molecule has 0 aliphatic heterocycles. The maximum atomic E-state index is 0. The molecular weight excluding hydrogens is 331 g/mol. The van der Waals surface area contributed by atoms with Gasteiger partial charge in [-0.2, -0.15) is 0 Å². The molecule has 5 heteroatoms. The Bertz CT molecular complexity index is 6.85. The molecule has 0 aromatic carbocycles. The summed E-state index contributed by atoms with van der Waals surface area (Å²) in [6, 6.07) is 0. The molecule has 0 heterocycles. The fourth-order valence-corrected chi connectivity index (χ4v) is 0. The van der Waals surface area contributed by atoms with Crippen LogP contribution in [0.15, 0.2) is 0 Å². The van der Waals surface area contributed by atoms with Crippen LogP contribution in [0.1, 0.15) is 0 Å². The standard InChI is InChI=1S/La.Nd.3O/q2*+3;3*-2. The fourth-order valence-electron chi connectivity index (χ4n) is 0. The topological polar surface area (TPSA) is 85.5 Å². The van der Waals surface area contributed by atoms with Crippen molar-refractivity contribution >= 4 is 0 Å². The molecule has 0 aliphatic rings. The third-order valence-corrected chi connectivity index (χ3v) is 0. The predicted molar refractivity (Wildman–Crippen MR) is 2.06 cm³/mol. The summed E-state index contributed by atoms with van der Waals surface area (Å²) in [4.78, 5) is 0. The molecule has 0 aliphatic carbocycles. The summed E-state index contributed by atoms with van der Waals surface area (Å²) in [5.41, 5.74) is 0. The largest absolute Gasteiger partial charge is 3.00 e. The molecule has 0 aromatic heterocycles. The van der Waals surface area contributed by atoms with E-state index in [1.54, 1.807) is 0 Å². The minimum absolute atomic E-state index is 0. The average molecular weight is 331 g/mol. The van der Waals surface area contributed by atoms with E-state index in [0.29, 0.717) is 0 Å². The second-order valence-electron chi connectivity index (χ2n) is 0. The number of hydrogen-bond acceptors (Lipinski definition) is 0. The van der Waals surface area contributed by atoms with Crippen LogP contribution in [0.3, 0.4) is 0 Å². The minimum Gasteiger partial charge on any atom is -2.00 e. The van der Waals surface area contributed by atoms with Gasteiger partial charge in [0.25, 0.3) is 0 Å². The van der Waals surface area contributed by atoms with Crippen LogP contribution < -0.4 is 0 Å². The predicted octanol–water partition coefficient (Wildman–Crippen LogP) is -0.356. The molecule has 0 spiro atoms. The van der Waals surface area contributed by atoms with Gasteiger partial charge in [0.05, 0.1) is 0 Å². The van der Waals surface area contributed by atoms with E-state index in [4.69, 9.17) is 0 Å². The molecule has 0 saturated carbocycles. The summed E-state index contributed by atoms with van der Waals surface area (Å²) in [7, 11) is 0. The van der Waals surface area contributed by atoms with Crippen LogP contribution >= 0.6 is 0 Å². The van der Waals surface area contributed by atoms with Crippen molar-refractivity contribution in [3.63, 3.8) is 0 Å². The summed E-state index contributed by atoms with van der Waals surface area (Å²) in [6.45, 7) is 0. The average Bonchev–Trinajstić information content (AvgIpc) is 0. The molecule has 25 valence electrons. The van der Waals surface area contributed by atoms with Crippen LogP contribution in [0.2, 0.25) is 0 Å². The van der Waals surface area contributed by atoms with Gasteiger partial charge in [0, 0.05) is 0 Å². The van der Waals surface area contributed by atoms with Crippen LogP contribution in [0.5, 0.6) is 0 Å². The van der Waals surface area contributed by atoms with E-state index in [1.165, 1.54) is 0 Å². The molecule has 0 amide bonds. The summed E-state index contributed by atoms with van der Waals surface area (Å²) in [5.74, 6) is 0. The van der Waals surface area contributed by atoms with Gasteiger partial charge in [0.15, 0.2) is 0 Å². The Balaban J connectivity index is 0. The van der Waals surface area contributed by atoms with Crippen LogP contribution in [-0.2, 0) is 16.4 Å². The molecule has 0 bridgehead atoms. The Morgan fingerprint density at radius 2 is 0.600 bits per heavy atom. The van der Waals surface area contributed by atoms with E-state index in [-0.39, 0.29) is 92.9 Å². The first kappa shape index (κ1) is 52.1. The number of rotatable bonds is 0. The van der Waals surface area contributed by atoms with Crippen molar-refractivity contribution in [1.82, 2.24) is 0 Å². The molecule has 1 radical (unpaired) electrons. The minimum atomic E-state index is 0. The monoisotopic (exact) mass is 329 g/mol. The molecular formula is LaNdO3. The van der Waals surface area contributed by atoms with E-state index in [9.17, 15) is 0 Å². The maximum Gasteiger partial charge on any atom is 3.00 e. The van der Waals surface area contributed by atoms with Gasteiger partial charge in [0.1, 0.15) is 0 Å². The zero-order valence-electron chi connectivity index (χ0n) is 2.30. The quantitative estimate of drug-likeness (QED) is 0.581. The SMILES string of the molecule is [La+3].[Nd+3].[O-2].[O-2].[O-2]. The summed E-state index contributed by atoms with van der Waals surface area (Å²) >= 11 is 0. The molecule has 3 nitrogen and oxygen atoms in total. The summed E-state index contributed by atoms with van der Waals surface area (Å²) in [6.07, 6.45) is 0. The molecule has 0 atom stereocenters. The summed E-state index contributed by atoms with van der Waals surface area (Å²) in [5, 5.41) is 0. The molecule has 0 aromatic rings. The maximum absolute atomic E-state index is 0. The Morgan fingerprint density at radius 3 is 0.600 bits per heavy atom. The Hall–Kier alpha value is 2.43. The van der Waals surface area contributed by atoms with Gasteiger partial charge in [-0.25, -0.2) is 0 Å². The molecule has 0 N–H and O–H groups in total. The van der Waals surface area contributed by atoms with Crippen molar-refractivity contribution in [2.75, 3.05) is 0 Å². The van der Waals surface area contributed by atoms with Crippen molar-refractivity contribution in [2.24, 2.45) is 0 Å². The Labute approximate surface area is 90.9 Å². The third-order valence-electron chi connectivity index (χ3n) is 0. The smallest absolute Gasteiger partial charge is 2.00 e. The Morgan fingerprint density at radius 1 is 0.600 bits per heavy atom. The first-order valence-electron chi connectivity index (χ1n) is 0. The van der Waals surface area contributed by atoms with Gasteiger partial charge in [-0.3, -0.25) is 0 Å². The van der Waals surface area contributed by atoms with E-state index in [1.807, 2.05) is 0 Å². The number of hydrogen-bond donors (Lipinski definition) is 0. The van der Waals surface area contributed by atoms with Gasteiger partial charge >= 0.3 is 76.4 Å². The molecule has 0 saturated heterocycles. The van der Waals surface area contributed by atoms with E-state index in [0.717, 1.165) is 0 Å². The van der Waals surface area contributed by atoms with E-state index >= 15 is 0 Å². The Kier molecular flexibility index (Phi) is 335. The van der Waals surface area contributed by atoms with Crippen LogP contribution in [0.25, 0.3) is 0 Å². The summed E-state index contributed by atoms with van der Waals surface area (Å²) < 4.78 is 0. The van der Waals surface area contributed by atoms with Gasteiger partial charge in [0.2, 0.25) is 0 Å². The molecule has 5 heavy (non-hydrogen) atoms. The van der Waals surface area contributed by atoms with Crippen molar-refractivity contribution in [1.29, 1.82) is 0 Å². The second-order valence-corrected chi connectivity index (χ2v) is 0. The van der Waals surface area contributed by atoms with Gasteiger partial charge in [-0.15, -0.1) is 0 Å². The van der Waals surface area contributed by atoms with Crippen molar-refractivity contribution in [3.05, 3.63) is 0 Å².